The van der Waals surface area contributed by atoms with E-state index >= 15 is 0 Å². The van der Waals surface area contributed by atoms with Crippen LogP contribution in [0.1, 0.15) is 0 Å². The Balaban J connectivity index is 1.42. The number of nitrogens with one attached hydrogen (secondary N) is 1. The molecular weight excluding hydrogens is 434 g/mol. The molecule has 3 aromatic carbocycles. The minimum atomic E-state index is -0.413. The van der Waals surface area contributed by atoms with Crippen molar-refractivity contribution in [3.63, 3.8) is 0 Å². The first-order valence-corrected chi connectivity index (χ1v) is 10.5. The summed E-state index contributed by atoms with van der Waals surface area (Å²) in [6.45, 7) is -0.252. The number of hydrogen-bond donors (Lipinski definition) is 1. The zero-order valence-electron chi connectivity index (χ0n) is 18.6. The van der Waals surface area contributed by atoms with Crippen LogP contribution in [0.2, 0.25) is 0 Å². The van der Waals surface area contributed by atoms with Crippen molar-refractivity contribution in [1.29, 1.82) is 0 Å². The van der Waals surface area contributed by atoms with Crippen LogP contribution >= 0.6 is 0 Å². The Labute approximate surface area is 194 Å². The molecule has 170 valence electrons. The number of aromatic nitrogens is 4. The average Bonchev–Trinajstić information content (AvgIpc) is 3.30. The topological polar surface area (TPSA) is 99.8 Å². The first-order valence-electron chi connectivity index (χ1n) is 10.5. The molecule has 0 fully saturated rings. The third-order valence-corrected chi connectivity index (χ3v) is 5.52. The van der Waals surface area contributed by atoms with Crippen LogP contribution in [0.15, 0.2) is 77.9 Å². The summed E-state index contributed by atoms with van der Waals surface area (Å²) in [6.07, 6.45) is 1.43. The number of fused-ring (bicyclic) bond motifs is 2. The zero-order chi connectivity index (χ0) is 23.7. The number of benzene rings is 3. The number of rotatable bonds is 6. The molecule has 0 radical (unpaired) electrons. The largest absolute Gasteiger partial charge is 0.493 e. The van der Waals surface area contributed by atoms with Crippen molar-refractivity contribution in [2.45, 2.75) is 6.54 Å². The monoisotopic (exact) mass is 455 g/mol. The van der Waals surface area contributed by atoms with Crippen LogP contribution < -0.4 is 20.3 Å². The molecule has 0 bridgehead atoms. The molecule has 9 nitrogen and oxygen atoms in total. The summed E-state index contributed by atoms with van der Waals surface area (Å²) >= 11 is 0. The van der Waals surface area contributed by atoms with E-state index in [-0.39, 0.29) is 6.54 Å². The predicted octanol–water partition coefficient (Wildman–Crippen LogP) is 3.37. The van der Waals surface area contributed by atoms with Gasteiger partial charge in [-0.15, -0.1) is 0 Å². The Kier molecular flexibility index (Phi) is 5.43. The van der Waals surface area contributed by atoms with Gasteiger partial charge in [0.15, 0.2) is 11.5 Å². The Morgan fingerprint density at radius 1 is 0.971 bits per heavy atom. The van der Waals surface area contributed by atoms with Crippen molar-refractivity contribution >= 4 is 27.9 Å². The van der Waals surface area contributed by atoms with Crippen LogP contribution in [0, 0.1) is 0 Å². The molecule has 1 amide bonds. The Hall–Kier alpha value is -4.66. The summed E-state index contributed by atoms with van der Waals surface area (Å²) in [5.74, 6) is 0.628. The first kappa shape index (κ1) is 21.2. The van der Waals surface area contributed by atoms with Gasteiger partial charge in [0.25, 0.3) is 5.56 Å². The third kappa shape index (κ3) is 3.83. The van der Waals surface area contributed by atoms with E-state index in [1.165, 1.54) is 25.1 Å². The van der Waals surface area contributed by atoms with Gasteiger partial charge in [-0.3, -0.25) is 9.59 Å². The standard InChI is InChI=1S/C25H21N5O4/c1-33-22-11-10-17(12-23(22)34-2)27-24(31)14-29-25(32)21-13-20(28-30(21)15-26-29)19-9-5-7-16-6-3-4-8-18(16)19/h3-13,15H,14H2,1-2H3,(H,27,31). The maximum atomic E-state index is 13.0. The second kappa shape index (κ2) is 8.70. The molecule has 34 heavy (non-hydrogen) atoms. The van der Waals surface area contributed by atoms with E-state index in [0.29, 0.717) is 28.4 Å². The normalized spacial score (nSPS) is 11.0. The van der Waals surface area contributed by atoms with Crippen molar-refractivity contribution in [3.05, 3.63) is 83.4 Å². The van der Waals surface area contributed by atoms with E-state index < -0.39 is 11.5 Å². The fourth-order valence-electron chi connectivity index (χ4n) is 3.88. The summed E-state index contributed by atoms with van der Waals surface area (Å²) in [5, 5.41) is 13.5. The van der Waals surface area contributed by atoms with E-state index in [1.54, 1.807) is 24.3 Å². The minimum Gasteiger partial charge on any atom is -0.493 e. The molecule has 0 aliphatic heterocycles. The minimum absolute atomic E-state index is 0.252. The van der Waals surface area contributed by atoms with Gasteiger partial charge in [0.05, 0.1) is 19.9 Å². The van der Waals surface area contributed by atoms with Crippen molar-refractivity contribution in [1.82, 2.24) is 19.4 Å². The highest BCUT2D eigenvalue weighted by Crippen LogP contribution is 2.30. The molecule has 1 N–H and O–H groups in total. The molecular formula is C25H21N5O4. The van der Waals surface area contributed by atoms with Crippen LogP contribution in [0.25, 0.3) is 27.5 Å². The summed E-state index contributed by atoms with van der Waals surface area (Å²) in [7, 11) is 3.05. The molecule has 0 aliphatic carbocycles. The van der Waals surface area contributed by atoms with E-state index in [0.717, 1.165) is 21.0 Å². The van der Waals surface area contributed by atoms with Gasteiger partial charge in [-0.25, -0.2) is 9.20 Å². The van der Waals surface area contributed by atoms with Gasteiger partial charge in [0.1, 0.15) is 18.4 Å². The number of carbonyl (C=O) groups excluding carboxylic acids is 1. The Bertz CT molecular complexity index is 1580. The summed E-state index contributed by atoms with van der Waals surface area (Å²) < 4.78 is 13.0. The van der Waals surface area contributed by atoms with Gasteiger partial charge in [0.2, 0.25) is 5.91 Å². The van der Waals surface area contributed by atoms with Gasteiger partial charge in [0, 0.05) is 17.3 Å². The van der Waals surface area contributed by atoms with Crippen LogP contribution in [-0.2, 0) is 11.3 Å². The molecule has 5 aromatic rings. The van der Waals surface area contributed by atoms with Gasteiger partial charge in [-0.1, -0.05) is 42.5 Å². The number of methoxy groups -OCH3 is 2. The number of ether oxygens (including phenoxy) is 2. The Morgan fingerprint density at radius 2 is 1.76 bits per heavy atom. The van der Waals surface area contributed by atoms with E-state index in [9.17, 15) is 9.59 Å². The number of carbonyl (C=O) groups is 1. The maximum Gasteiger partial charge on any atom is 0.293 e. The van der Waals surface area contributed by atoms with Crippen molar-refractivity contribution in [3.8, 4) is 22.8 Å². The quantitative estimate of drug-likeness (QED) is 0.421. The third-order valence-electron chi connectivity index (χ3n) is 5.52. The summed E-state index contributed by atoms with van der Waals surface area (Å²) in [4.78, 5) is 25.6. The molecule has 0 unspecified atom stereocenters. The second-order valence-electron chi connectivity index (χ2n) is 7.60. The highest BCUT2D eigenvalue weighted by molar-refractivity contribution is 5.96. The molecule has 2 heterocycles. The van der Waals surface area contributed by atoms with Gasteiger partial charge < -0.3 is 14.8 Å². The average molecular weight is 455 g/mol. The number of nitrogens with zero attached hydrogens (tertiary/aromatic N) is 4. The lowest BCUT2D eigenvalue weighted by atomic mass is 10.0. The molecule has 0 saturated carbocycles. The van der Waals surface area contributed by atoms with E-state index in [2.05, 4.69) is 15.5 Å². The molecule has 0 saturated heterocycles. The molecule has 0 aliphatic rings. The van der Waals surface area contributed by atoms with Crippen LogP contribution in [-0.4, -0.2) is 39.5 Å². The fraction of sp³-hybridized carbons (Fsp3) is 0.120. The second-order valence-corrected chi connectivity index (χ2v) is 7.60. The van der Waals surface area contributed by atoms with Crippen LogP contribution in [0.4, 0.5) is 5.69 Å². The zero-order valence-corrected chi connectivity index (χ0v) is 18.6. The summed E-state index contributed by atoms with van der Waals surface area (Å²) in [5.41, 5.74) is 2.00. The number of hydrogen-bond acceptors (Lipinski definition) is 6. The molecule has 0 spiro atoms. The lowest BCUT2D eigenvalue weighted by Gasteiger charge is -2.11. The molecule has 5 rings (SSSR count). The van der Waals surface area contributed by atoms with Gasteiger partial charge in [-0.05, 0) is 29.0 Å². The first-order chi connectivity index (χ1) is 16.6. The Morgan fingerprint density at radius 3 is 2.59 bits per heavy atom. The highest BCUT2D eigenvalue weighted by atomic mass is 16.5. The lowest BCUT2D eigenvalue weighted by Crippen LogP contribution is -2.30. The van der Waals surface area contributed by atoms with Crippen molar-refractivity contribution in [2.24, 2.45) is 0 Å². The number of amides is 1. The van der Waals surface area contributed by atoms with Crippen molar-refractivity contribution < 1.29 is 14.3 Å². The SMILES string of the molecule is COc1ccc(NC(=O)Cn2ncn3nc(-c4cccc5ccccc45)cc3c2=O)cc1OC. The predicted molar refractivity (Wildman–Crippen MR) is 128 cm³/mol. The maximum absolute atomic E-state index is 13.0. The van der Waals surface area contributed by atoms with Crippen LogP contribution in [0.3, 0.4) is 0 Å². The molecule has 2 aromatic heterocycles. The van der Waals surface area contributed by atoms with Gasteiger partial charge >= 0.3 is 0 Å². The highest BCUT2D eigenvalue weighted by Gasteiger charge is 2.14. The van der Waals surface area contributed by atoms with E-state index in [4.69, 9.17) is 9.47 Å². The van der Waals surface area contributed by atoms with Crippen LogP contribution in [0.5, 0.6) is 11.5 Å². The van der Waals surface area contributed by atoms with Gasteiger partial charge in [-0.2, -0.15) is 10.2 Å². The smallest absolute Gasteiger partial charge is 0.293 e. The van der Waals surface area contributed by atoms with Crippen molar-refractivity contribution in [2.75, 3.05) is 19.5 Å². The lowest BCUT2D eigenvalue weighted by molar-refractivity contribution is -0.117. The fourth-order valence-corrected chi connectivity index (χ4v) is 3.88. The van der Waals surface area contributed by atoms with E-state index in [1.807, 2.05) is 42.5 Å². The summed E-state index contributed by atoms with van der Waals surface area (Å²) in [6, 6.07) is 20.7. The number of anilines is 1. The molecule has 0 atom stereocenters. The molecule has 9 heteroatoms.